The number of fused-ring (bicyclic) bond motifs is 2. The second kappa shape index (κ2) is 8.50. The minimum absolute atomic E-state index is 0.0286. The molecule has 0 aliphatic carbocycles. The van der Waals surface area contributed by atoms with Gasteiger partial charge in [0.05, 0.1) is 34.2 Å². The summed E-state index contributed by atoms with van der Waals surface area (Å²) in [6, 6.07) is 6.31. The molecule has 36 heavy (non-hydrogen) atoms. The Bertz CT molecular complexity index is 1410. The Morgan fingerprint density at radius 1 is 1.19 bits per heavy atom. The van der Waals surface area contributed by atoms with Gasteiger partial charge in [-0.15, -0.1) is 0 Å². The molecule has 0 bridgehead atoms. The molecule has 0 radical (unpaired) electrons. The van der Waals surface area contributed by atoms with Crippen LogP contribution in [0.25, 0.3) is 22.3 Å². The Hall–Kier alpha value is -4.16. The first-order valence-corrected chi connectivity index (χ1v) is 11.1. The van der Waals surface area contributed by atoms with Gasteiger partial charge >= 0.3 is 12.1 Å². The third-order valence-corrected chi connectivity index (χ3v) is 6.17. The molecular weight excluding hydrogens is 481 g/mol. The Morgan fingerprint density at radius 2 is 1.94 bits per heavy atom. The van der Waals surface area contributed by atoms with Crippen LogP contribution in [-0.4, -0.2) is 69.2 Å². The van der Waals surface area contributed by atoms with Gasteiger partial charge in [0, 0.05) is 38.5 Å². The van der Waals surface area contributed by atoms with Gasteiger partial charge in [-0.3, -0.25) is 9.59 Å². The number of aryl methyl sites for hydroxylation is 1. The van der Waals surface area contributed by atoms with Crippen molar-refractivity contribution in [3.63, 3.8) is 0 Å². The summed E-state index contributed by atoms with van der Waals surface area (Å²) in [5.74, 6) is -2.46. The summed E-state index contributed by atoms with van der Waals surface area (Å²) >= 11 is 0. The van der Waals surface area contributed by atoms with E-state index in [9.17, 15) is 27.6 Å². The van der Waals surface area contributed by atoms with Crippen molar-refractivity contribution in [2.45, 2.75) is 32.5 Å². The highest BCUT2D eigenvalue weighted by Gasteiger charge is 2.43. The van der Waals surface area contributed by atoms with E-state index in [1.165, 1.54) is 13.0 Å². The summed E-state index contributed by atoms with van der Waals surface area (Å²) in [6.45, 7) is 4.45. The fourth-order valence-electron chi connectivity index (χ4n) is 4.31. The molecule has 2 aliphatic rings. The lowest BCUT2D eigenvalue weighted by Crippen LogP contribution is -2.56. The number of nitrogens with one attached hydrogen (secondary N) is 2. The zero-order valence-electron chi connectivity index (χ0n) is 19.3. The van der Waals surface area contributed by atoms with E-state index in [0.717, 1.165) is 4.73 Å². The maximum absolute atomic E-state index is 13.0. The molecule has 3 aromatic rings. The van der Waals surface area contributed by atoms with E-state index in [0.29, 0.717) is 41.2 Å². The van der Waals surface area contributed by atoms with Gasteiger partial charge in [-0.05, 0) is 19.1 Å². The molecule has 2 amide bonds. The van der Waals surface area contributed by atoms with Crippen molar-refractivity contribution in [2.75, 3.05) is 25.0 Å². The van der Waals surface area contributed by atoms with Crippen LogP contribution in [0.4, 0.5) is 19.0 Å². The molecular formula is C23H21F3N6O4. The number of alkyl halides is 3. The number of rotatable bonds is 4. The fourth-order valence-corrected chi connectivity index (χ4v) is 4.31. The SMILES string of the molecule is CC(=O)N1CC(Nc2nc3c(-c4cc5c(n4OC(=O)C(F)(F)F)CCNC5=O)cccc3nc2C)C1. The number of likely N-dealkylation sites (tertiary alicyclic amines) is 1. The molecule has 0 unspecified atom stereocenters. The molecule has 13 heteroatoms. The highest BCUT2D eigenvalue weighted by Crippen LogP contribution is 2.33. The van der Waals surface area contributed by atoms with Crippen molar-refractivity contribution < 1.29 is 32.4 Å². The van der Waals surface area contributed by atoms with Crippen LogP contribution in [0, 0.1) is 6.92 Å². The number of aromatic nitrogens is 3. The molecule has 1 aromatic carbocycles. The van der Waals surface area contributed by atoms with Gasteiger partial charge in [-0.1, -0.05) is 12.1 Å². The zero-order valence-corrected chi connectivity index (χ0v) is 19.3. The number of anilines is 1. The van der Waals surface area contributed by atoms with E-state index in [4.69, 9.17) is 4.84 Å². The minimum Gasteiger partial charge on any atom is -0.362 e. The van der Waals surface area contributed by atoms with Crippen molar-refractivity contribution in [3.8, 4) is 11.3 Å². The minimum atomic E-state index is -5.23. The van der Waals surface area contributed by atoms with Gasteiger partial charge in [0.15, 0.2) is 0 Å². The normalized spacial score (nSPS) is 15.8. The highest BCUT2D eigenvalue weighted by molar-refractivity contribution is 6.00. The number of amides is 2. The van der Waals surface area contributed by atoms with Gasteiger partial charge in [0.1, 0.15) is 11.3 Å². The summed E-state index contributed by atoms with van der Waals surface area (Å²) in [5, 5.41) is 5.89. The van der Waals surface area contributed by atoms with Crippen LogP contribution < -0.4 is 15.5 Å². The number of halogens is 3. The Kier molecular flexibility index (Phi) is 5.57. The Balaban J connectivity index is 1.60. The molecule has 1 saturated heterocycles. The van der Waals surface area contributed by atoms with Gasteiger partial charge in [-0.25, -0.2) is 14.8 Å². The molecule has 1 fully saturated rings. The maximum Gasteiger partial charge on any atom is 0.493 e. The lowest BCUT2D eigenvalue weighted by molar-refractivity contribution is -0.199. The van der Waals surface area contributed by atoms with E-state index in [1.807, 2.05) is 0 Å². The number of para-hydroxylation sites is 1. The molecule has 0 saturated carbocycles. The van der Waals surface area contributed by atoms with Gasteiger partial charge < -0.3 is 20.4 Å². The zero-order chi connectivity index (χ0) is 25.8. The number of carbonyl (C=O) groups excluding carboxylic acids is 3. The van der Waals surface area contributed by atoms with Crippen molar-refractivity contribution >= 4 is 34.6 Å². The lowest BCUT2D eigenvalue weighted by atomic mass is 10.1. The van der Waals surface area contributed by atoms with Crippen LogP contribution in [0.2, 0.25) is 0 Å². The number of hydrogen-bond donors (Lipinski definition) is 2. The molecule has 2 aliphatic heterocycles. The van der Waals surface area contributed by atoms with Crippen LogP contribution >= 0.6 is 0 Å². The van der Waals surface area contributed by atoms with Crippen molar-refractivity contribution in [3.05, 3.63) is 41.2 Å². The van der Waals surface area contributed by atoms with E-state index < -0.39 is 18.1 Å². The van der Waals surface area contributed by atoms with Crippen molar-refractivity contribution in [1.82, 2.24) is 24.9 Å². The first-order chi connectivity index (χ1) is 17.0. The number of nitrogens with zero attached hydrogens (tertiary/aromatic N) is 4. The summed E-state index contributed by atoms with van der Waals surface area (Å²) in [4.78, 5) is 51.3. The quantitative estimate of drug-likeness (QED) is 0.559. The van der Waals surface area contributed by atoms with E-state index in [-0.39, 0.29) is 41.9 Å². The average Bonchev–Trinajstić information content (AvgIpc) is 3.14. The molecule has 0 atom stereocenters. The summed E-state index contributed by atoms with van der Waals surface area (Å²) in [6.07, 6.45) is -5.06. The van der Waals surface area contributed by atoms with Crippen LogP contribution in [0.1, 0.15) is 28.7 Å². The first-order valence-electron chi connectivity index (χ1n) is 11.1. The molecule has 0 spiro atoms. The predicted molar refractivity (Wildman–Crippen MR) is 121 cm³/mol. The fraction of sp³-hybridized carbons (Fsp3) is 0.348. The second-order valence-corrected chi connectivity index (χ2v) is 8.66. The van der Waals surface area contributed by atoms with Crippen LogP contribution in [0.15, 0.2) is 24.3 Å². The monoisotopic (exact) mass is 502 g/mol. The van der Waals surface area contributed by atoms with Gasteiger partial charge in [0.25, 0.3) is 5.91 Å². The molecule has 4 heterocycles. The van der Waals surface area contributed by atoms with Crippen LogP contribution in [-0.2, 0) is 16.0 Å². The Morgan fingerprint density at radius 3 is 2.64 bits per heavy atom. The highest BCUT2D eigenvalue weighted by atomic mass is 19.4. The topological polar surface area (TPSA) is 118 Å². The lowest BCUT2D eigenvalue weighted by Gasteiger charge is -2.39. The summed E-state index contributed by atoms with van der Waals surface area (Å²) in [5.41, 5.74) is 2.06. The second-order valence-electron chi connectivity index (χ2n) is 8.66. The summed E-state index contributed by atoms with van der Waals surface area (Å²) in [7, 11) is 0. The van der Waals surface area contributed by atoms with Crippen LogP contribution in [0.5, 0.6) is 0 Å². The van der Waals surface area contributed by atoms with Crippen LogP contribution in [0.3, 0.4) is 0 Å². The number of carbonyl (C=O) groups is 3. The third-order valence-electron chi connectivity index (χ3n) is 6.17. The summed E-state index contributed by atoms with van der Waals surface area (Å²) < 4.78 is 39.9. The van der Waals surface area contributed by atoms with Crippen molar-refractivity contribution in [2.24, 2.45) is 0 Å². The molecule has 188 valence electrons. The van der Waals surface area contributed by atoms with Gasteiger partial charge in [-0.2, -0.15) is 17.9 Å². The molecule has 2 aromatic heterocycles. The standard InChI is InChI=1S/C23H21F3N6O4/c1-11-20(29-13-9-31(10-13)12(2)33)30-19-14(4-3-5-16(19)28-11)18-8-15-17(6-7-27-21(15)34)32(18)36-22(35)23(24,25)26/h3-5,8,13H,6-7,9-10H2,1-2H3,(H,27,34)(H,29,30). The predicted octanol–water partition coefficient (Wildman–Crippen LogP) is 1.85. The number of hydrogen-bond acceptors (Lipinski definition) is 7. The molecule has 10 nitrogen and oxygen atoms in total. The average molecular weight is 502 g/mol. The Labute approximate surface area is 202 Å². The number of benzene rings is 1. The van der Waals surface area contributed by atoms with E-state index >= 15 is 0 Å². The first kappa shape index (κ1) is 23.6. The van der Waals surface area contributed by atoms with Crippen molar-refractivity contribution in [1.29, 1.82) is 0 Å². The van der Waals surface area contributed by atoms with E-state index in [1.54, 1.807) is 30.0 Å². The smallest absolute Gasteiger partial charge is 0.362 e. The largest absolute Gasteiger partial charge is 0.493 e. The maximum atomic E-state index is 13.0. The molecule has 2 N–H and O–H groups in total. The molecule has 5 rings (SSSR count). The third kappa shape index (κ3) is 4.10. The van der Waals surface area contributed by atoms with Gasteiger partial charge in [0.2, 0.25) is 5.91 Å². The van der Waals surface area contributed by atoms with E-state index in [2.05, 4.69) is 20.6 Å².